The quantitative estimate of drug-likeness (QED) is 0.870. The van der Waals surface area contributed by atoms with Crippen molar-refractivity contribution in [3.63, 3.8) is 0 Å². The highest BCUT2D eigenvalue weighted by Crippen LogP contribution is 2.42. The molecule has 0 aliphatic heterocycles. The molecule has 0 heterocycles. The highest BCUT2D eigenvalue weighted by molar-refractivity contribution is 9.10. The largest absolute Gasteiger partial charge is 0.495 e. The molecule has 2 rings (SSSR count). The summed E-state index contributed by atoms with van der Waals surface area (Å²) in [6.45, 7) is 1.76. The average molecular weight is 378 g/mol. The maximum absolute atomic E-state index is 12.1. The number of carbonyl (C=O) groups excluding carboxylic acids is 1. The van der Waals surface area contributed by atoms with Crippen molar-refractivity contribution in [3.8, 4) is 5.75 Å². The first kappa shape index (κ1) is 16.9. The maximum Gasteiger partial charge on any atom is 0.471 e. The van der Waals surface area contributed by atoms with Crippen LogP contribution < -0.4 is 10.1 Å². The third kappa shape index (κ3) is 3.29. The fourth-order valence-electron chi connectivity index (χ4n) is 2.68. The molecular formula is C15H15BrF3NO2. The van der Waals surface area contributed by atoms with Crippen molar-refractivity contribution in [2.45, 2.75) is 25.9 Å². The molecule has 0 aromatic heterocycles. The van der Waals surface area contributed by atoms with E-state index >= 15 is 0 Å². The SMILES string of the molecule is COc1c(Br)cc2c(c1C)C(=CCNC(=O)C(F)(F)F)CC2. The zero-order chi connectivity index (χ0) is 16.5. The first-order chi connectivity index (χ1) is 10.3. The lowest BCUT2D eigenvalue weighted by molar-refractivity contribution is -0.173. The van der Waals surface area contributed by atoms with Crippen molar-refractivity contribution < 1.29 is 22.7 Å². The average Bonchev–Trinajstić information content (AvgIpc) is 2.81. The van der Waals surface area contributed by atoms with Gasteiger partial charge in [-0.25, -0.2) is 0 Å². The first-order valence-electron chi connectivity index (χ1n) is 6.66. The van der Waals surface area contributed by atoms with Crippen LogP contribution in [0.2, 0.25) is 0 Å². The smallest absolute Gasteiger partial charge is 0.471 e. The van der Waals surface area contributed by atoms with Gasteiger partial charge in [-0.15, -0.1) is 0 Å². The van der Waals surface area contributed by atoms with E-state index in [1.807, 2.05) is 18.3 Å². The second kappa shape index (κ2) is 6.32. The number of rotatable bonds is 3. The molecule has 1 aromatic carbocycles. The molecule has 1 amide bonds. The number of benzene rings is 1. The lowest BCUT2D eigenvalue weighted by atomic mass is 10.00. The van der Waals surface area contributed by atoms with Crippen LogP contribution in [0.4, 0.5) is 13.2 Å². The maximum atomic E-state index is 12.1. The topological polar surface area (TPSA) is 38.3 Å². The summed E-state index contributed by atoms with van der Waals surface area (Å²) in [4.78, 5) is 10.8. The van der Waals surface area contributed by atoms with Gasteiger partial charge in [0, 0.05) is 6.54 Å². The number of methoxy groups -OCH3 is 1. The summed E-state index contributed by atoms with van der Waals surface area (Å²) in [7, 11) is 1.57. The van der Waals surface area contributed by atoms with Crippen molar-refractivity contribution in [2.24, 2.45) is 0 Å². The third-order valence-electron chi connectivity index (χ3n) is 3.61. The Hall–Kier alpha value is -1.50. The van der Waals surface area contributed by atoms with Crippen molar-refractivity contribution in [2.75, 3.05) is 13.7 Å². The number of alkyl halides is 3. The van der Waals surface area contributed by atoms with Crippen molar-refractivity contribution >= 4 is 27.4 Å². The van der Waals surface area contributed by atoms with Crippen LogP contribution in [0.15, 0.2) is 16.6 Å². The second-order valence-electron chi connectivity index (χ2n) is 4.99. The summed E-state index contributed by atoms with van der Waals surface area (Å²) in [5.74, 6) is -1.21. The third-order valence-corrected chi connectivity index (χ3v) is 4.20. The van der Waals surface area contributed by atoms with Crippen LogP contribution in [0.3, 0.4) is 0 Å². The Labute approximate surface area is 134 Å². The van der Waals surface area contributed by atoms with Crippen LogP contribution in [0.1, 0.15) is 23.1 Å². The van der Waals surface area contributed by atoms with E-state index < -0.39 is 12.1 Å². The van der Waals surface area contributed by atoms with Gasteiger partial charge in [0.25, 0.3) is 0 Å². The van der Waals surface area contributed by atoms with Crippen molar-refractivity contribution in [3.05, 3.63) is 33.3 Å². The van der Waals surface area contributed by atoms with Gasteiger partial charge in [-0.2, -0.15) is 13.2 Å². The van der Waals surface area contributed by atoms with Gasteiger partial charge < -0.3 is 10.1 Å². The number of nitrogens with one attached hydrogen (secondary N) is 1. The summed E-state index contributed by atoms with van der Waals surface area (Å²) < 4.78 is 42.6. The fraction of sp³-hybridized carbons (Fsp3) is 0.400. The minimum Gasteiger partial charge on any atom is -0.495 e. The van der Waals surface area contributed by atoms with Gasteiger partial charge in [0.2, 0.25) is 0 Å². The number of carbonyl (C=O) groups is 1. The van der Waals surface area contributed by atoms with Gasteiger partial charge in [0.1, 0.15) is 5.75 Å². The minimum atomic E-state index is -4.85. The summed E-state index contributed by atoms with van der Waals surface area (Å²) in [5, 5.41) is 1.86. The summed E-state index contributed by atoms with van der Waals surface area (Å²) in [6.07, 6.45) is -1.67. The molecule has 0 fully saturated rings. The van der Waals surface area contributed by atoms with Gasteiger partial charge in [0.15, 0.2) is 0 Å². The zero-order valence-electron chi connectivity index (χ0n) is 12.1. The monoisotopic (exact) mass is 377 g/mol. The van der Waals surface area contributed by atoms with Gasteiger partial charge >= 0.3 is 12.1 Å². The summed E-state index contributed by atoms with van der Waals surface area (Å²) in [6, 6.07) is 1.97. The van der Waals surface area contributed by atoms with E-state index in [0.717, 1.165) is 39.6 Å². The number of halogens is 4. The number of hydrogen-bond donors (Lipinski definition) is 1. The summed E-state index contributed by atoms with van der Waals surface area (Å²) >= 11 is 3.45. The standard InChI is InChI=1S/C15H15BrF3NO2/c1-8-12-9(5-6-20-14(21)15(17,18)19)3-4-10(12)7-11(16)13(8)22-2/h5,7H,3-4,6H2,1-2H3,(H,20,21). The van der Waals surface area contributed by atoms with Crippen LogP contribution in [-0.4, -0.2) is 25.7 Å². The summed E-state index contributed by atoms with van der Waals surface area (Å²) in [5.41, 5.74) is 4.00. The molecule has 0 radical (unpaired) electrons. The van der Waals surface area contributed by atoms with Gasteiger partial charge in [-0.1, -0.05) is 6.08 Å². The van der Waals surface area contributed by atoms with E-state index in [4.69, 9.17) is 4.74 Å². The van der Waals surface area contributed by atoms with Crippen molar-refractivity contribution in [1.29, 1.82) is 0 Å². The molecule has 1 aliphatic rings. The minimum absolute atomic E-state index is 0.148. The predicted octanol–water partition coefficient (Wildman–Crippen LogP) is 3.77. The molecule has 1 aromatic rings. The molecule has 0 saturated carbocycles. The van der Waals surface area contributed by atoms with E-state index in [-0.39, 0.29) is 6.54 Å². The second-order valence-corrected chi connectivity index (χ2v) is 5.84. The van der Waals surface area contributed by atoms with Crippen LogP contribution in [0, 0.1) is 6.92 Å². The van der Waals surface area contributed by atoms with E-state index in [0.29, 0.717) is 5.75 Å². The Balaban J connectivity index is 2.21. The van der Waals surface area contributed by atoms with Crippen LogP contribution in [0.5, 0.6) is 5.75 Å². The van der Waals surface area contributed by atoms with E-state index in [9.17, 15) is 18.0 Å². The lowest BCUT2D eigenvalue weighted by Crippen LogP contribution is -2.36. The highest BCUT2D eigenvalue weighted by atomic mass is 79.9. The van der Waals surface area contributed by atoms with Crippen molar-refractivity contribution in [1.82, 2.24) is 5.32 Å². The van der Waals surface area contributed by atoms with Crippen LogP contribution in [-0.2, 0) is 11.2 Å². The van der Waals surface area contributed by atoms with Gasteiger partial charge in [-0.3, -0.25) is 4.79 Å². The fourth-order valence-corrected chi connectivity index (χ4v) is 3.42. The Bertz CT molecular complexity index is 639. The molecule has 1 aliphatic carbocycles. The number of amides is 1. The molecule has 1 N–H and O–H groups in total. The molecule has 7 heteroatoms. The van der Waals surface area contributed by atoms with Crippen LogP contribution in [0.25, 0.3) is 5.57 Å². The highest BCUT2D eigenvalue weighted by Gasteiger charge is 2.38. The van der Waals surface area contributed by atoms with E-state index in [2.05, 4.69) is 15.9 Å². The number of hydrogen-bond acceptors (Lipinski definition) is 2. The normalized spacial score (nSPS) is 15.8. The van der Waals surface area contributed by atoms with E-state index in [1.165, 1.54) is 0 Å². The molecular weight excluding hydrogens is 363 g/mol. The molecule has 120 valence electrons. The number of aryl methyl sites for hydroxylation is 1. The number of ether oxygens (including phenoxy) is 1. The Morgan fingerprint density at radius 1 is 1.45 bits per heavy atom. The molecule has 0 spiro atoms. The van der Waals surface area contributed by atoms with E-state index in [1.54, 1.807) is 13.2 Å². The zero-order valence-corrected chi connectivity index (χ0v) is 13.7. The molecule has 0 unspecified atom stereocenters. The number of fused-ring (bicyclic) bond motifs is 1. The molecule has 22 heavy (non-hydrogen) atoms. The Kier molecular flexibility index (Phi) is 4.84. The lowest BCUT2D eigenvalue weighted by Gasteiger charge is -2.13. The van der Waals surface area contributed by atoms with Gasteiger partial charge in [-0.05, 0) is 64.0 Å². The Morgan fingerprint density at radius 2 is 2.14 bits per heavy atom. The Morgan fingerprint density at radius 3 is 2.73 bits per heavy atom. The van der Waals surface area contributed by atoms with Gasteiger partial charge in [0.05, 0.1) is 11.6 Å². The molecule has 0 atom stereocenters. The number of allylic oxidation sites excluding steroid dienone is 1. The first-order valence-corrected chi connectivity index (χ1v) is 7.45. The molecule has 0 bridgehead atoms. The predicted molar refractivity (Wildman–Crippen MR) is 80.8 cm³/mol. The molecule has 0 saturated heterocycles. The van der Waals surface area contributed by atoms with Crippen LogP contribution >= 0.6 is 15.9 Å². The molecule has 3 nitrogen and oxygen atoms in total.